The molecule has 0 fully saturated rings. The molecule has 0 saturated carbocycles. The van der Waals surface area contributed by atoms with Crippen molar-refractivity contribution in [3.8, 4) is 11.5 Å². The summed E-state index contributed by atoms with van der Waals surface area (Å²) in [4.78, 5) is 23.9. The van der Waals surface area contributed by atoms with Gasteiger partial charge in [-0.05, 0) is 61.0 Å². The quantitative estimate of drug-likeness (QED) is 0.232. The summed E-state index contributed by atoms with van der Waals surface area (Å²) in [6.07, 6.45) is 1.40. The van der Waals surface area contributed by atoms with Gasteiger partial charge >= 0.3 is 5.97 Å². The highest BCUT2D eigenvalue weighted by Crippen LogP contribution is 2.27. The Labute approximate surface area is 215 Å². The zero-order valence-electron chi connectivity index (χ0n) is 20.6. The molecule has 1 N–H and O–H groups in total. The van der Waals surface area contributed by atoms with Crippen molar-refractivity contribution in [1.82, 2.24) is 5.43 Å². The molecule has 0 aromatic heterocycles. The number of sulfonamides is 1. The van der Waals surface area contributed by atoms with Crippen molar-refractivity contribution in [3.63, 3.8) is 0 Å². The third kappa shape index (κ3) is 7.55. The minimum Gasteiger partial charge on any atom is -0.497 e. The standard InChI is InChI=1S/C26H27N3O7S/c1-19-7-13-24(14-8-19)37(32,33)29(21-5-4-6-23(15-21)34-2)17-25(30)28-27-16-20-9-11-22(12-10-20)36-18-26(31)35-3/h4-16H,17-18H2,1-3H3,(H,28,30)/b27-16-. The van der Waals surface area contributed by atoms with Crippen molar-refractivity contribution in [1.29, 1.82) is 0 Å². The van der Waals surface area contributed by atoms with Crippen LogP contribution in [-0.4, -0.2) is 53.9 Å². The van der Waals surface area contributed by atoms with Crippen LogP contribution in [0.3, 0.4) is 0 Å². The maximum absolute atomic E-state index is 13.4. The fourth-order valence-corrected chi connectivity index (χ4v) is 4.53. The normalized spacial score (nSPS) is 11.1. The van der Waals surface area contributed by atoms with Gasteiger partial charge in [0.1, 0.15) is 18.0 Å². The van der Waals surface area contributed by atoms with Gasteiger partial charge in [-0.15, -0.1) is 0 Å². The number of carbonyl (C=O) groups excluding carboxylic acids is 2. The van der Waals surface area contributed by atoms with Gasteiger partial charge < -0.3 is 14.2 Å². The van der Waals surface area contributed by atoms with E-state index in [1.165, 1.54) is 38.6 Å². The SMILES string of the molecule is COC(=O)COc1ccc(/C=N\NC(=O)CN(c2cccc(OC)c2)S(=O)(=O)c2ccc(C)cc2)cc1. The van der Waals surface area contributed by atoms with Crippen LogP contribution in [0.25, 0.3) is 0 Å². The van der Waals surface area contributed by atoms with Gasteiger partial charge in [0.2, 0.25) is 0 Å². The Bertz CT molecular complexity index is 1360. The first-order valence-corrected chi connectivity index (χ1v) is 12.5. The molecule has 1 amide bonds. The molecule has 0 aliphatic heterocycles. The van der Waals surface area contributed by atoms with Gasteiger partial charge in [-0.2, -0.15) is 5.10 Å². The van der Waals surface area contributed by atoms with E-state index < -0.39 is 28.4 Å². The Morgan fingerprint density at radius 1 is 0.973 bits per heavy atom. The Morgan fingerprint density at radius 2 is 1.68 bits per heavy atom. The van der Waals surface area contributed by atoms with Gasteiger partial charge in [-0.1, -0.05) is 23.8 Å². The minimum absolute atomic E-state index is 0.0479. The second-order valence-electron chi connectivity index (χ2n) is 7.75. The van der Waals surface area contributed by atoms with Crippen molar-refractivity contribution in [2.75, 3.05) is 31.7 Å². The number of rotatable bonds is 11. The number of nitrogens with one attached hydrogen (secondary N) is 1. The van der Waals surface area contributed by atoms with E-state index in [9.17, 15) is 18.0 Å². The summed E-state index contributed by atoms with van der Waals surface area (Å²) >= 11 is 0. The molecule has 0 bridgehead atoms. The van der Waals surface area contributed by atoms with Gasteiger partial charge in [0.25, 0.3) is 15.9 Å². The smallest absolute Gasteiger partial charge is 0.343 e. The van der Waals surface area contributed by atoms with Crippen LogP contribution >= 0.6 is 0 Å². The van der Waals surface area contributed by atoms with Gasteiger partial charge in [0.05, 0.1) is 31.0 Å². The highest BCUT2D eigenvalue weighted by molar-refractivity contribution is 7.92. The number of hydrogen-bond donors (Lipinski definition) is 1. The van der Waals surface area contributed by atoms with Crippen molar-refractivity contribution in [2.24, 2.45) is 5.10 Å². The summed E-state index contributed by atoms with van der Waals surface area (Å²) < 4.78 is 42.9. The number of aryl methyl sites for hydroxylation is 1. The molecule has 3 rings (SSSR count). The number of hydrazone groups is 1. The predicted molar refractivity (Wildman–Crippen MR) is 138 cm³/mol. The van der Waals surface area contributed by atoms with Crippen LogP contribution in [0.15, 0.2) is 82.8 Å². The van der Waals surface area contributed by atoms with E-state index in [-0.39, 0.29) is 17.2 Å². The van der Waals surface area contributed by atoms with E-state index in [0.29, 0.717) is 17.1 Å². The van der Waals surface area contributed by atoms with Crippen LogP contribution in [-0.2, 0) is 24.3 Å². The minimum atomic E-state index is -4.07. The van der Waals surface area contributed by atoms with E-state index in [4.69, 9.17) is 9.47 Å². The molecule has 11 heteroatoms. The molecule has 0 aliphatic carbocycles. The molecule has 3 aromatic rings. The average molecular weight is 526 g/mol. The van der Waals surface area contributed by atoms with Crippen LogP contribution < -0.4 is 19.2 Å². The van der Waals surface area contributed by atoms with Crippen LogP contribution in [0.4, 0.5) is 5.69 Å². The number of esters is 1. The van der Waals surface area contributed by atoms with Crippen LogP contribution in [0.1, 0.15) is 11.1 Å². The number of methoxy groups -OCH3 is 2. The Kier molecular flexibility index (Phi) is 9.22. The van der Waals surface area contributed by atoms with E-state index in [1.807, 2.05) is 6.92 Å². The number of hydrogen-bond acceptors (Lipinski definition) is 8. The highest BCUT2D eigenvalue weighted by Gasteiger charge is 2.27. The lowest BCUT2D eigenvalue weighted by atomic mass is 10.2. The maximum Gasteiger partial charge on any atom is 0.343 e. The molecule has 37 heavy (non-hydrogen) atoms. The number of nitrogens with zero attached hydrogens (tertiary/aromatic N) is 2. The molecule has 0 radical (unpaired) electrons. The second-order valence-corrected chi connectivity index (χ2v) is 9.62. The first kappa shape index (κ1) is 27.2. The third-order valence-corrected chi connectivity index (χ3v) is 6.89. The Balaban J connectivity index is 1.73. The maximum atomic E-state index is 13.4. The summed E-state index contributed by atoms with van der Waals surface area (Å²) in [6, 6.07) is 19.4. The molecule has 10 nitrogen and oxygen atoms in total. The molecule has 0 saturated heterocycles. The number of carbonyl (C=O) groups is 2. The molecule has 0 atom stereocenters. The van der Waals surface area contributed by atoms with E-state index >= 15 is 0 Å². The molecular formula is C26H27N3O7S. The topological polar surface area (TPSA) is 124 Å². The molecule has 0 aliphatic rings. The summed E-state index contributed by atoms with van der Waals surface area (Å²) in [5.74, 6) is -0.241. The summed E-state index contributed by atoms with van der Waals surface area (Å²) in [6.45, 7) is 1.13. The fourth-order valence-electron chi connectivity index (χ4n) is 3.11. The van der Waals surface area contributed by atoms with Crippen molar-refractivity contribution in [2.45, 2.75) is 11.8 Å². The van der Waals surface area contributed by atoms with Gasteiger partial charge in [-0.25, -0.2) is 18.6 Å². The second kappa shape index (κ2) is 12.5. The van der Waals surface area contributed by atoms with E-state index in [1.54, 1.807) is 54.6 Å². The Hall–Kier alpha value is -4.38. The number of amides is 1. The first-order chi connectivity index (χ1) is 17.7. The average Bonchev–Trinajstić information content (AvgIpc) is 2.91. The van der Waals surface area contributed by atoms with E-state index in [2.05, 4.69) is 15.3 Å². The number of anilines is 1. The van der Waals surface area contributed by atoms with Gasteiger partial charge in [0.15, 0.2) is 6.61 Å². The number of ether oxygens (including phenoxy) is 3. The fraction of sp³-hybridized carbons (Fsp3) is 0.192. The van der Waals surface area contributed by atoms with Crippen LogP contribution in [0.2, 0.25) is 0 Å². The Morgan fingerprint density at radius 3 is 2.32 bits per heavy atom. The summed E-state index contributed by atoms with van der Waals surface area (Å²) in [5, 5.41) is 3.92. The van der Waals surface area contributed by atoms with Crippen molar-refractivity contribution >= 4 is 33.8 Å². The molecule has 0 unspecified atom stereocenters. The molecule has 194 valence electrons. The molecule has 3 aromatic carbocycles. The largest absolute Gasteiger partial charge is 0.497 e. The lowest BCUT2D eigenvalue weighted by molar-refractivity contribution is -0.142. The lowest BCUT2D eigenvalue weighted by Crippen LogP contribution is -2.39. The molecule has 0 spiro atoms. The van der Waals surface area contributed by atoms with Gasteiger partial charge in [0, 0.05) is 6.07 Å². The monoisotopic (exact) mass is 525 g/mol. The van der Waals surface area contributed by atoms with Crippen LogP contribution in [0, 0.1) is 6.92 Å². The van der Waals surface area contributed by atoms with E-state index in [0.717, 1.165) is 9.87 Å². The zero-order chi connectivity index (χ0) is 26.8. The lowest BCUT2D eigenvalue weighted by Gasteiger charge is -2.24. The highest BCUT2D eigenvalue weighted by atomic mass is 32.2. The molecular weight excluding hydrogens is 498 g/mol. The number of benzene rings is 3. The van der Waals surface area contributed by atoms with Crippen molar-refractivity contribution in [3.05, 3.63) is 83.9 Å². The van der Waals surface area contributed by atoms with Crippen molar-refractivity contribution < 1.29 is 32.2 Å². The predicted octanol–water partition coefficient (Wildman–Crippen LogP) is 2.90. The summed E-state index contributed by atoms with van der Waals surface area (Å²) in [7, 11) is -1.33. The first-order valence-electron chi connectivity index (χ1n) is 11.1. The third-order valence-electron chi connectivity index (χ3n) is 5.10. The zero-order valence-corrected chi connectivity index (χ0v) is 21.4. The van der Waals surface area contributed by atoms with Crippen LogP contribution in [0.5, 0.6) is 11.5 Å². The summed E-state index contributed by atoms with van der Waals surface area (Å²) in [5.41, 5.74) is 4.17. The van der Waals surface area contributed by atoms with Gasteiger partial charge in [-0.3, -0.25) is 9.10 Å². The molecule has 0 heterocycles.